The maximum atomic E-state index is 13.6. The van der Waals surface area contributed by atoms with Crippen molar-refractivity contribution in [3.05, 3.63) is 30.1 Å². The van der Waals surface area contributed by atoms with Gasteiger partial charge in [0.15, 0.2) is 11.6 Å². The molecule has 7 nitrogen and oxygen atoms in total. The first-order chi connectivity index (χ1) is 11.1. The van der Waals surface area contributed by atoms with E-state index in [1.54, 1.807) is 18.2 Å². The van der Waals surface area contributed by atoms with Crippen LogP contribution in [-0.4, -0.2) is 58.9 Å². The summed E-state index contributed by atoms with van der Waals surface area (Å²) in [5, 5.41) is 6.72. The highest BCUT2D eigenvalue weighted by Crippen LogP contribution is 2.18. The molecule has 1 aromatic heterocycles. The van der Waals surface area contributed by atoms with Gasteiger partial charge in [0, 0.05) is 32.7 Å². The number of H-pyrrole nitrogens is 1. The number of rotatable bonds is 5. The zero-order valence-corrected chi connectivity index (χ0v) is 13.1. The lowest BCUT2D eigenvalue weighted by Gasteiger charge is -2.35. The summed E-state index contributed by atoms with van der Waals surface area (Å²) in [5.74, 6) is 0.938. The lowest BCUT2D eigenvalue weighted by molar-refractivity contribution is 0.136. The number of ether oxygens (including phenoxy) is 1. The van der Waals surface area contributed by atoms with Gasteiger partial charge in [-0.15, -0.1) is 5.10 Å². The van der Waals surface area contributed by atoms with Crippen LogP contribution >= 0.6 is 0 Å². The van der Waals surface area contributed by atoms with E-state index in [1.165, 1.54) is 6.07 Å². The maximum Gasteiger partial charge on any atom is 0.246 e. The Morgan fingerprint density at radius 2 is 2.04 bits per heavy atom. The van der Waals surface area contributed by atoms with E-state index in [2.05, 4.69) is 25.0 Å². The Kier molecular flexibility index (Phi) is 4.61. The summed E-state index contributed by atoms with van der Waals surface area (Å²) in [6.45, 7) is 6.10. The van der Waals surface area contributed by atoms with Crippen LogP contribution in [0.5, 0.6) is 5.75 Å². The Morgan fingerprint density at radius 1 is 1.30 bits per heavy atom. The quantitative estimate of drug-likeness (QED) is 0.859. The average molecular weight is 320 g/mol. The number of nitrogens with zero attached hydrogens (tertiary/aromatic N) is 4. The third-order valence-corrected chi connectivity index (χ3v) is 3.83. The summed E-state index contributed by atoms with van der Waals surface area (Å²) >= 11 is 0. The van der Waals surface area contributed by atoms with E-state index in [9.17, 15) is 4.39 Å². The van der Waals surface area contributed by atoms with Crippen LogP contribution in [0.25, 0.3) is 0 Å². The molecule has 2 aromatic rings. The van der Waals surface area contributed by atoms with Crippen molar-refractivity contribution in [3.63, 3.8) is 0 Å². The SMILES string of the molecule is CC(CN1CCN(c2n[nH]c(N)n2)CC1)Oc1ccccc1F. The predicted octanol–water partition coefficient (Wildman–Crippen LogP) is 1.12. The van der Waals surface area contributed by atoms with Crippen molar-refractivity contribution >= 4 is 11.9 Å². The molecule has 3 rings (SSSR count). The summed E-state index contributed by atoms with van der Waals surface area (Å²) in [6.07, 6.45) is -0.0856. The normalized spacial score (nSPS) is 17.2. The minimum atomic E-state index is -0.327. The Labute approximate surface area is 134 Å². The largest absolute Gasteiger partial charge is 0.486 e. The Hall–Kier alpha value is -2.35. The number of anilines is 2. The molecule has 124 valence electrons. The summed E-state index contributed by atoms with van der Waals surface area (Å²) in [7, 11) is 0. The van der Waals surface area contributed by atoms with Crippen LogP contribution < -0.4 is 15.4 Å². The molecular weight excluding hydrogens is 299 g/mol. The van der Waals surface area contributed by atoms with Crippen molar-refractivity contribution in [1.82, 2.24) is 20.1 Å². The highest BCUT2D eigenvalue weighted by atomic mass is 19.1. The molecular formula is C15H21FN6O. The van der Waals surface area contributed by atoms with Crippen LogP contribution in [-0.2, 0) is 0 Å². The molecule has 2 heterocycles. The van der Waals surface area contributed by atoms with E-state index in [1.807, 2.05) is 6.92 Å². The van der Waals surface area contributed by atoms with Gasteiger partial charge in [-0.1, -0.05) is 12.1 Å². The van der Waals surface area contributed by atoms with Crippen LogP contribution in [0.2, 0.25) is 0 Å². The molecule has 0 spiro atoms. The number of hydrogen-bond donors (Lipinski definition) is 2. The molecule has 0 bridgehead atoms. The average Bonchev–Trinajstić information content (AvgIpc) is 2.97. The second-order valence-electron chi connectivity index (χ2n) is 5.67. The Balaban J connectivity index is 1.48. The molecule has 0 amide bonds. The Morgan fingerprint density at radius 3 is 2.70 bits per heavy atom. The monoisotopic (exact) mass is 320 g/mol. The van der Waals surface area contributed by atoms with E-state index in [-0.39, 0.29) is 11.9 Å². The van der Waals surface area contributed by atoms with E-state index in [0.29, 0.717) is 17.6 Å². The lowest BCUT2D eigenvalue weighted by Crippen LogP contribution is -2.49. The predicted molar refractivity (Wildman–Crippen MR) is 85.9 cm³/mol. The fraction of sp³-hybridized carbons (Fsp3) is 0.467. The molecule has 1 aliphatic heterocycles. The van der Waals surface area contributed by atoms with Gasteiger partial charge >= 0.3 is 0 Å². The zero-order chi connectivity index (χ0) is 16.2. The van der Waals surface area contributed by atoms with Gasteiger partial charge in [-0.3, -0.25) is 4.90 Å². The van der Waals surface area contributed by atoms with Crippen LogP contribution in [0.15, 0.2) is 24.3 Å². The molecule has 0 saturated carbocycles. The number of nitrogens with two attached hydrogens (primary N) is 1. The molecule has 1 aromatic carbocycles. The number of para-hydroxylation sites is 1. The van der Waals surface area contributed by atoms with E-state index >= 15 is 0 Å². The van der Waals surface area contributed by atoms with E-state index in [4.69, 9.17) is 10.5 Å². The minimum absolute atomic E-state index is 0.0856. The first-order valence-corrected chi connectivity index (χ1v) is 7.68. The molecule has 8 heteroatoms. The van der Waals surface area contributed by atoms with Gasteiger partial charge in [0.05, 0.1) is 0 Å². The van der Waals surface area contributed by atoms with Gasteiger partial charge in [-0.05, 0) is 19.1 Å². The molecule has 0 radical (unpaired) electrons. The molecule has 23 heavy (non-hydrogen) atoms. The van der Waals surface area contributed by atoms with Gasteiger partial charge < -0.3 is 15.4 Å². The first kappa shape index (κ1) is 15.5. The first-order valence-electron chi connectivity index (χ1n) is 7.68. The van der Waals surface area contributed by atoms with E-state index < -0.39 is 0 Å². The van der Waals surface area contributed by atoms with E-state index in [0.717, 1.165) is 32.7 Å². The summed E-state index contributed by atoms with van der Waals surface area (Å²) < 4.78 is 19.3. The van der Waals surface area contributed by atoms with Crippen molar-refractivity contribution in [2.75, 3.05) is 43.4 Å². The van der Waals surface area contributed by atoms with Gasteiger partial charge in [-0.25, -0.2) is 9.49 Å². The van der Waals surface area contributed by atoms with Crippen LogP contribution in [0.3, 0.4) is 0 Å². The van der Waals surface area contributed by atoms with Crippen molar-refractivity contribution in [1.29, 1.82) is 0 Å². The fourth-order valence-corrected chi connectivity index (χ4v) is 2.69. The number of aromatic nitrogens is 3. The third kappa shape index (κ3) is 3.89. The Bertz CT molecular complexity index is 640. The highest BCUT2D eigenvalue weighted by molar-refractivity contribution is 5.34. The number of piperazine rings is 1. The minimum Gasteiger partial charge on any atom is -0.486 e. The highest BCUT2D eigenvalue weighted by Gasteiger charge is 2.21. The smallest absolute Gasteiger partial charge is 0.246 e. The molecule has 1 aliphatic rings. The van der Waals surface area contributed by atoms with Crippen LogP contribution in [0.1, 0.15) is 6.92 Å². The molecule has 1 atom stereocenters. The van der Waals surface area contributed by atoms with Gasteiger partial charge in [0.1, 0.15) is 6.10 Å². The summed E-state index contributed by atoms with van der Waals surface area (Å²) in [6, 6.07) is 6.48. The number of halogens is 1. The number of aromatic amines is 1. The molecule has 1 fully saturated rings. The number of benzene rings is 1. The maximum absolute atomic E-state index is 13.6. The molecule has 1 unspecified atom stereocenters. The van der Waals surface area contributed by atoms with Crippen molar-refractivity contribution in [3.8, 4) is 5.75 Å². The second-order valence-corrected chi connectivity index (χ2v) is 5.67. The second kappa shape index (κ2) is 6.82. The van der Waals surface area contributed by atoms with Crippen LogP contribution in [0, 0.1) is 5.82 Å². The van der Waals surface area contributed by atoms with Gasteiger partial charge in [0.25, 0.3) is 0 Å². The zero-order valence-electron chi connectivity index (χ0n) is 13.1. The van der Waals surface area contributed by atoms with Crippen LogP contribution in [0.4, 0.5) is 16.3 Å². The fourth-order valence-electron chi connectivity index (χ4n) is 2.69. The molecule has 3 N–H and O–H groups in total. The van der Waals surface area contributed by atoms with Crippen molar-refractivity contribution in [2.45, 2.75) is 13.0 Å². The molecule has 1 saturated heterocycles. The summed E-state index contributed by atoms with van der Waals surface area (Å²) in [4.78, 5) is 8.52. The standard InChI is InChI=1S/C15H21FN6O/c1-11(23-13-5-3-2-4-12(13)16)10-21-6-8-22(9-7-21)15-18-14(17)19-20-15/h2-5,11H,6-10H2,1H3,(H3,17,18,19,20). The number of hydrogen-bond acceptors (Lipinski definition) is 6. The number of nitrogen functional groups attached to an aromatic ring is 1. The van der Waals surface area contributed by atoms with Crippen molar-refractivity contribution in [2.24, 2.45) is 0 Å². The van der Waals surface area contributed by atoms with Crippen molar-refractivity contribution < 1.29 is 9.13 Å². The summed E-state index contributed by atoms with van der Waals surface area (Å²) in [5.41, 5.74) is 5.55. The third-order valence-electron chi connectivity index (χ3n) is 3.83. The lowest BCUT2D eigenvalue weighted by atomic mass is 10.2. The van der Waals surface area contributed by atoms with Gasteiger partial charge in [0.2, 0.25) is 11.9 Å². The van der Waals surface area contributed by atoms with Gasteiger partial charge in [-0.2, -0.15) is 4.98 Å². The molecule has 0 aliphatic carbocycles. The topological polar surface area (TPSA) is 83.3 Å². The number of nitrogens with one attached hydrogen (secondary N) is 1.